The van der Waals surface area contributed by atoms with Crippen LogP contribution < -0.4 is 9.62 Å². The SMILES string of the molecule is C[C@@H]1Cc2cc(C(=O)N[C@H](C)c3ccccc3)ccc2N1S(=O)(=O)c1ccc(F)cc1. The van der Waals surface area contributed by atoms with E-state index >= 15 is 0 Å². The van der Waals surface area contributed by atoms with Crippen molar-refractivity contribution in [1.82, 2.24) is 5.32 Å². The van der Waals surface area contributed by atoms with Crippen LogP contribution in [0.5, 0.6) is 0 Å². The normalized spacial score (nSPS) is 16.6. The van der Waals surface area contributed by atoms with Gasteiger partial charge in [0.15, 0.2) is 0 Å². The van der Waals surface area contributed by atoms with E-state index in [4.69, 9.17) is 0 Å². The van der Waals surface area contributed by atoms with Crippen LogP contribution in [0.2, 0.25) is 0 Å². The van der Waals surface area contributed by atoms with Gasteiger partial charge < -0.3 is 5.32 Å². The maximum absolute atomic E-state index is 13.2. The lowest BCUT2D eigenvalue weighted by atomic mass is 10.0. The highest BCUT2D eigenvalue weighted by Gasteiger charge is 2.36. The second-order valence-corrected chi connectivity index (χ2v) is 9.57. The number of sulfonamides is 1. The van der Waals surface area contributed by atoms with E-state index in [0.29, 0.717) is 17.7 Å². The molecule has 0 aromatic heterocycles. The number of carbonyl (C=O) groups excluding carboxylic acids is 1. The van der Waals surface area contributed by atoms with Crippen molar-refractivity contribution in [2.45, 2.75) is 37.2 Å². The summed E-state index contributed by atoms with van der Waals surface area (Å²) in [5.41, 5.74) is 2.82. The summed E-state index contributed by atoms with van der Waals surface area (Å²) in [5, 5.41) is 2.98. The molecule has 160 valence electrons. The van der Waals surface area contributed by atoms with Crippen LogP contribution in [0.1, 0.15) is 41.4 Å². The standard InChI is InChI=1S/C24H23FN2O3S/c1-16-14-20-15-19(24(28)26-17(2)18-6-4-3-5-7-18)8-13-23(20)27(16)31(29,30)22-11-9-21(25)10-12-22/h3-13,15-17H,14H2,1-2H3,(H,26,28)/t16-,17-/m1/s1. The van der Waals surface area contributed by atoms with Gasteiger partial charge in [0.05, 0.1) is 16.6 Å². The predicted octanol–water partition coefficient (Wildman–Crippen LogP) is 4.46. The fourth-order valence-electron chi connectivity index (χ4n) is 3.94. The summed E-state index contributed by atoms with van der Waals surface area (Å²) in [4.78, 5) is 12.8. The van der Waals surface area contributed by atoms with Crippen LogP contribution in [0.15, 0.2) is 77.7 Å². The molecule has 2 atom stereocenters. The second-order valence-electron chi connectivity index (χ2n) is 7.76. The summed E-state index contributed by atoms with van der Waals surface area (Å²) in [6.07, 6.45) is 0.491. The molecule has 0 aliphatic carbocycles. The van der Waals surface area contributed by atoms with E-state index in [2.05, 4.69) is 5.32 Å². The van der Waals surface area contributed by atoms with Crippen LogP contribution in [-0.4, -0.2) is 20.4 Å². The number of nitrogens with zero attached hydrogens (tertiary/aromatic N) is 1. The second kappa shape index (κ2) is 8.15. The smallest absolute Gasteiger partial charge is 0.264 e. The highest BCUT2D eigenvalue weighted by molar-refractivity contribution is 7.92. The van der Waals surface area contributed by atoms with Gasteiger partial charge in [0.25, 0.3) is 15.9 Å². The third kappa shape index (κ3) is 4.05. The first-order valence-electron chi connectivity index (χ1n) is 10.1. The summed E-state index contributed by atoms with van der Waals surface area (Å²) in [5.74, 6) is -0.708. The molecule has 5 nitrogen and oxygen atoms in total. The van der Waals surface area contributed by atoms with Gasteiger partial charge in [0, 0.05) is 11.6 Å². The molecule has 0 saturated heterocycles. The molecule has 1 heterocycles. The van der Waals surface area contributed by atoms with Gasteiger partial charge in [-0.25, -0.2) is 12.8 Å². The molecular weight excluding hydrogens is 415 g/mol. The van der Waals surface area contributed by atoms with Gasteiger partial charge in [-0.3, -0.25) is 9.10 Å². The van der Waals surface area contributed by atoms with E-state index < -0.39 is 15.8 Å². The Bertz CT molecular complexity index is 1210. The van der Waals surface area contributed by atoms with Crippen molar-refractivity contribution in [2.24, 2.45) is 0 Å². The molecule has 0 saturated carbocycles. The topological polar surface area (TPSA) is 66.5 Å². The molecular formula is C24H23FN2O3S. The molecule has 3 aromatic carbocycles. The summed E-state index contributed by atoms with van der Waals surface area (Å²) in [7, 11) is -3.84. The Labute approximate surface area is 181 Å². The lowest BCUT2D eigenvalue weighted by molar-refractivity contribution is 0.0940. The summed E-state index contributed by atoms with van der Waals surface area (Å²) < 4.78 is 40.9. The third-order valence-electron chi connectivity index (χ3n) is 5.51. The lowest BCUT2D eigenvalue weighted by Crippen LogP contribution is -2.35. The number of nitrogens with one attached hydrogen (secondary N) is 1. The Kier molecular flexibility index (Phi) is 5.54. The van der Waals surface area contributed by atoms with E-state index in [0.717, 1.165) is 23.3 Å². The number of rotatable bonds is 5. The quantitative estimate of drug-likeness (QED) is 0.640. The van der Waals surface area contributed by atoms with Crippen molar-refractivity contribution in [1.29, 1.82) is 0 Å². The van der Waals surface area contributed by atoms with E-state index in [9.17, 15) is 17.6 Å². The van der Waals surface area contributed by atoms with Gasteiger partial charge in [-0.15, -0.1) is 0 Å². The van der Waals surface area contributed by atoms with Crippen molar-refractivity contribution in [3.63, 3.8) is 0 Å². The van der Waals surface area contributed by atoms with Gasteiger partial charge >= 0.3 is 0 Å². The number of fused-ring (bicyclic) bond motifs is 1. The Morgan fingerprint density at radius 1 is 1.06 bits per heavy atom. The van der Waals surface area contributed by atoms with Crippen LogP contribution in [0.3, 0.4) is 0 Å². The van der Waals surface area contributed by atoms with Crippen molar-refractivity contribution in [3.05, 3.63) is 95.3 Å². The fraction of sp³-hybridized carbons (Fsp3) is 0.208. The summed E-state index contributed by atoms with van der Waals surface area (Å²) in [6.45, 7) is 3.73. The minimum atomic E-state index is -3.84. The van der Waals surface area contributed by atoms with Gasteiger partial charge in [0.2, 0.25) is 0 Å². The highest BCUT2D eigenvalue weighted by atomic mass is 32.2. The Morgan fingerprint density at radius 3 is 2.42 bits per heavy atom. The summed E-state index contributed by atoms with van der Waals surface area (Å²) >= 11 is 0. The van der Waals surface area contributed by atoms with Crippen LogP contribution in [0.4, 0.5) is 10.1 Å². The van der Waals surface area contributed by atoms with E-state index in [1.165, 1.54) is 16.4 Å². The molecule has 1 N–H and O–H groups in total. The van der Waals surface area contributed by atoms with Crippen molar-refractivity contribution < 1.29 is 17.6 Å². The van der Waals surface area contributed by atoms with Gasteiger partial charge in [-0.05, 0) is 73.9 Å². The number of carbonyl (C=O) groups is 1. The molecule has 0 spiro atoms. The number of benzene rings is 3. The molecule has 3 aromatic rings. The number of hydrogen-bond donors (Lipinski definition) is 1. The zero-order valence-electron chi connectivity index (χ0n) is 17.2. The van der Waals surface area contributed by atoms with E-state index in [1.807, 2.05) is 44.2 Å². The third-order valence-corrected chi connectivity index (χ3v) is 7.45. The van der Waals surface area contributed by atoms with Crippen molar-refractivity contribution >= 4 is 21.6 Å². The van der Waals surface area contributed by atoms with Crippen molar-refractivity contribution in [2.75, 3.05) is 4.31 Å². The maximum Gasteiger partial charge on any atom is 0.264 e. The summed E-state index contributed by atoms with van der Waals surface area (Å²) in [6, 6.07) is 19.1. The molecule has 0 bridgehead atoms. The maximum atomic E-state index is 13.2. The zero-order chi connectivity index (χ0) is 22.2. The largest absolute Gasteiger partial charge is 0.346 e. The predicted molar refractivity (Wildman–Crippen MR) is 118 cm³/mol. The van der Waals surface area contributed by atoms with Crippen LogP contribution in [-0.2, 0) is 16.4 Å². The van der Waals surface area contributed by atoms with E-state index in [1.54, 1.807) is 18.2 Å². The monoisotopic (exact) mass is 438 g/mol. The number of anilines is 1. The number of hydrogen-bond acceptors (Lipinski definition) is 3. The van der Waals surface area contributed by atoms with Crippen LogP contribution in [0.25, 0.3) is 0 Å². The molecule has 1 amide bonds. The minimum absolute atomic E-state index is 0.0344. The molecule has 1 aliphatic rings. The molecule has 7 heteroatoms. The Morgan fingerprint density at radius 2 is 1.74 bits per heavy atom. The first-order valence-corrected chi connectivity index (χ1v) is 11.5. The average Bonchev–Trinajstić information content (AvgIpc) is 3.10. The van der Waals surface area contributed by atoms with Gasteiger partial charge in [-0.2, -0.15) is 0 Å². The molecule has 4 rings (SSSR count). The Hall–Kier alpha value is -3.19. The van der Waals surface area contributed by atoms with Crippen LogP contribution >= 0.6 is 0 Å². The van der Waals surface area contributed by atoms with Gasteiger partial charge in [-0.1, -0.05) is 30.3 Å². The average molecular weight is 439 g/mol. The minimum Gasteiger partial charge on any atom is -0.346 e. The first-order chi connectivity index (χ1) is 14.8. The van der Waals surface area contributed by atoms with E-state index in [-0.39, 0.29) is 22.9 Å². The molecule has 0 radical (unpaired) electrons. The molecule has 1 aliphatic heterocycles. The molecule has 0 unspecified atom stereocenters. The number of halogens is 1. The van der Waals surface area contributed by atoms with Crippen LogP contribution in [0, 0.1) is 5.82 Å². The molecule has 0 fully saturated rings. The number of amides is 1. The fourth-order valence-corrected chi connectivity index (χ4v) is 5.63. The highest BCUT2D eigenvalue weighted by Crippen LogP contribution is 2.37. The first kappa shape index (κ1) is 21.1. The van der Waals surface area contributed by atoms with Gasteiger partial charge in [0.1, 0.15) is 5.82 Å². The zero-order valence-corrected chi connectivity index (χ0v) is 18.1. The Balaban J connectivity index is 1.59. The van der Waals surface area contributed by atoms with Crippen molar-refractivity contribution in [3.8, 4) is 0 Å². The molecule has 31 heavy (non-hydrogen) atoms. The lowest BCUT2D eigenvalue weighted by Gasteiger charge is -2.24.